The third-order valence-electron chi connectivity index (χ3n) is 4.89. The van der Waals surface area contributed by atoms with E-state index in [1.165, 1.54) is 0 Å². The summed E-state index contributed by atoms with van der Waals surface area (Å²) in [6, 6.07) is 7.24. The number of hydrogen-bond donors (Lipinski definition) is 1. The molecule has 2 atom stereocenters. The third kappa shape index (κ3) is 2.87. The van der Waals surface area contributed by atoms with E-state index in [-0.39, 0.29) is 23.7 Å². The number of nitrogens with zero attached hydrogens (tertiary/aromatic N) is 1. The molecular weight excluding hydrogens is 292 g/mol. The zero-order valence-corrected chi connectivity index (χ0v) is 13.5. The van der Waals surface area contributed by atoms with E-state index in [0.717, 1.165) is 36.3 Å². The summed E-state index contributed by atoms with van der Waals surface area (Å²) in [6.07, 6.45) is 3.42. The first-order valence-corrected chi connectivity index (χ1v) is 8.28. The second-order valence-corrected chi connectivity index (χ2v) is 6.73. The summed E-state index contributed by atoms with van der Waals surface area (Å²) < 4.78 is 0. The van der Waals surface area contributed by atoms with Gasteiger partial charge in [-0.2, -0.15) is 5.01 Å². The molecule has 5 nitrogen and oxygen atoms in total. The Morgan fingerprint density at radius 1 is 1.04 bits per heavy atom. The third-order valence-corrected chi connectivity index (χ3v) is 4.89. The molecule has 0 bridgehead atoms. The van der Waals surface area contributed by atoms with Crippen LogP contribution in [0.3, 0.4) is 0 Å². The largest absolute Gasteiger partial charge is 0.272 e. The van der Waals surface area contributed by atoms with Gasteiger partial charge < -0.3 is 0 Å². The SMILES string of the molecule is CC(C)c1ccc(C(=O)NN2C(=O)[C@H]3CCCC[C@H]3C2=O)cc1. The van der Waals surface area contributed by atoms with E-state index in [0.29, 0.717) is 11.5 Å². The summed E-state index contributed by atoms with van der Waals surface area (Å²) in [6.45, 7) is 4.16. The first kappa shape index (κ1) is 15.7. The van der Waals surface area contributed by atoms with Crippen LogP contribution in [0.5, 0.6) is 0 Å². The molecule has 1 aliphatic heterocycles. The smallest absolute Gasteiger partial charge is 0.270 e. The molecule has 0 spiro atoms. The number of imide groups is 1. The van der Waals surface area contributed by atoms with E-state index in [9.17, 15) is 14.4 Å². The van der Waals surface area contributed by atoms with Crippen molar-refractivity contribution in [2.24, 2.45) is 11.8 Å². The molecule has 1 aromatic carbocycles. The van der Waals surface area contributed by atoms with E-state index in [2.05, 4.69) is 19.3 Å². The van der Waals surface area contributed by atoms with Crippen LogP contribution >= 0.6 is 0 Å². The molecule has 0 aromatic heterocycles. The number of hydrazine groups is 1. The van der Waals surface area contributed by atoms with E-state index < -0.39 is 5.91 Å². The van der Waals surface area contributed by atoms with Gasteiger partial charge in [-0.3, -0.25) is 19.8 Å². The normalized spacial score (nSPS) is 24.0. The molecule has 2 fully saturated rings. The molecule has 1 saturated heterocycles. The number of carbonyl (C=O) groups is 3. The number of carbonyl (C=O) groups excluding carboxylic acids is 3. The molecule has 0 radical (unpaired) electrons. The van der Waals surface area contributed by atoms with Crippen LogP contribution in [-0.4, -0.2) is 22.7 Å². The molecule has 1 aromatic rings. The predicted molar refractivity (Wildman–Crippen MR) is 85.3 cm³/mol. The topological polar surface area (TPSA) is 66.5 Å². The van der Waals surface area contributed by atoms with Gasteiger partial charge in [-0.05, 0) is 36.5 Å². The Kier molecular flexibility index (Phi) is 4.20. The fraction of sp³-hybridized carbons (Fsp3) is 0.500. The fourth-order valence-electron chi connectivity index (χ4n) is 3.46. The average Bonchev–Trinajstić information content (AvgIpc) is 2.80. The molecule has 2 aliphatic rings. The lowest BCUT2D eigenvalue weighted by Gasteiger charge is -2.19. The minimum Gasteiger partial charge on any atom is -0.272 e. The van der Waals surface area contributed by atoms with E-state index in [1.807, 2.05) is 12.1 Å². The standard InChI is InChI=1S/C18H22N2O3/c1-11(2)12-7-9-13(10-8-12)16(21)19-20-17(22)14-5-3-4-6-15(14)18(20)23/h7-11,14-15H,3-6H2,1-2H3,(H,19,21)/t14-,15+. The highest BCUT2D eigenvalue weighted by Gasteiger charge is 2.49. The van der Waals surface area contributed by atoms with Crippen molar-refractivity contribution in [1.29, 1.82) is 0 Å². The molecule has 3 rings (SSSR count). The maximum Gasteiger partial charge on any atom is 0.270 e. The number of nitrogens with one attached hydrogen (secondary N) is 1. The van der Waals surface area contributed by atoms with Crippen LogP contribution in [0.1, 0.15) is 61.4 Å². The first-order chi connectivity index (χ1) is 11.0. The van der Waals surface area contributed by atoms with Crippen molar-refractivity contribution in [3.05, 3.63) is 35.4 Å². The lowest BCUT2D eigenvalue weighted by molar-refractivity contribution is -0.142. The van der Waals surface area contributed by atoms with Gasteiger partial charge in [-0.25, -0.2) is 0 Å². The van der Waals surface area contributed by atoms with Gasteiger partial charge in [0.25, 0.3) is 17.7 Å². The summed E-state index contributed by atoms with van der Waals surface area (Å²) in [4.78, 5) is 37.0. The Morgan fingerprint density at radius 3 is 2.04 bits per heavy atom. The summed E-state index contributed by atoms with van der Waals surface area (Å²) in [5.41, 5.74) is 4.08. The second kappa shape index (κ2) is 6.14. The number of amides is 3. The molecule has 3 amide bonds. The van der Waals surface area contributed by atoms with Gasteiger partial charge in [-0.1, -0.05) is 38.8 Å². The highest BCUT2D eigenvalue weighted by molar-refractivity contribution is 6.07. The van der Waals surface area contributed by atoms with Gasteiger partial charge >= 0.3 is 0 Å². The Labute approximate surface area is 136 Å². The highest BCUT2D eigenvalue weighted by Crippen LogP contribution is 2.37. The summed E-state index contributed by atoms with van der Waals surface area (Å²) in [7, 11) is 0. The predicted octanol–water partition coefficient (Wildman–Crippen LogP) is 2.63. The lowest BCUT2D eigenvalue weighted by atomic mass is 9.81. The number of hydrogen-bond acceptors (Lipinski definition) is 3. The van der Waals surface area contributed by atoms with Crippen molar-refractivity contribution in [2.45, 2.75) is 45.4 Å². The Morgan fingerprint density at radius 2 is 1.57 bits per heavy atom. The zero-order valence-electron chi connectivity index (χ0n) is 13.5. The maximum atomic E-state index is 12.4. The van der Waals surface area contributed by atoms with Crippen molar-refractivity contribution in [3.8, 4) is 0 Å². The van der Waals surface area contributed by atoms with Crippen molar-refractivity contribution in [2.75, 3.05) is 0 Å². The van der Waals surface area contributed by atoms with Gasteiger partial charge in [0.15, 0.2) is 0 Å². The van der Waals surface area contributed by atoms with Crippen LogP contribution in [0.4, 0.5) is 0 Å². The van der Waals surface area contributed by atoms with Crippen LogP contribution in [0.25, 0.3) is 0 Å². The van der Waals surface area contributed by atoms with Crippen LogP contribution in [0.15, 0.2) is 24.3 Å². The van der Waals surface area contributed by atoms with E-state index in [1.54, 1.807) is 12.1 Å². The van der Waals surface area contributed by atoms with Crippen molar-refractivity contribution in [3.63, 3.8) is 0 Å². The molecule has 1 N–H and O–H groups in total. The molecule has 5 heteroatoms. The number of fused-ring (bicyclic) bond motifs is 1. The van der Waals surface area contributed by atoms with Crippen molar-refractivity contribution >= 4 is 17.7 Å². The fourth-order valence-corrected chi connectivity index (χ4v) is 3.46. The van der Waals surface area contributed by atoms with Crippen molar-refractivity contribution in [1.82, 2.24) is 10.4 Å². The summed E-state index contributed by atoms with van der Waals surface area (Å²) in [5, 5.41) is 0.944. The lowest BCUT2D eigenvalue weighted by Crippen LogP contribution is -2.46. The van der Waals surface area contributed by atoms with E-state index in [4.69, 9.17) is 0 Å². The van der Waals surface area contributed by atoms with Crippen molar-refractivity contribution < 1.29 is 14.4 Å². The first-order valence-electron chi connectivity index (χ1n) is 8.28. The minimum absolute atomic E-state index is 0.250. The number of rotatable bonds is 3. The summed E-state index contributed by atoms with van der Waals surface area (Å²) >= 11 is 0. The van der Waals surface area contributed by atoms with Crippen LogP contribution in [0.2, 0.25) is 0 Å². The molecular formula is C18H22N2O3. The van der Waals surface area contributed by atoms with Crippen LogP contribution in [-0.2, 0) is 9.59 Å². The molecule has 1 heterocycles. The molecule has 1 aliphatic carbocycles. The Balaban J connectivity index is 1.72. The van der Waals surface area contributed by atoms with Gasteiger partial charge in [-0.15, -0.1) is 0 Å². The monoisotopic (exact) mass is 314 g/mol. The molecule has 1 saturated carbocycles. The van der Waals surface area contributed by atoms with Crippen LogP contribution < -0.4 is 5.43 Å². The second-order valence-electron chi connectivity index (χ2n) is 6.73. The quantitative estimate of drug-likeness (QED) is 0.872. The average molecular weight is 314 g/mol. The Bertz CT molecular complexity index is 612. The molecule has 0 unspecified atom stereocenters. The van der Waals surface area contributed by atoms with Gasteiger partial charge in [0.05, 0.1) is 11.8 Å². The molecule has 23 heavy (non-hydrogen) atoms. The summed E-state index contributed by atoms with van der Waals surface area (Å²) in [5.74, 6) is -1.05. The minimum atomic E-state index is -0.416. The van der Waals surface area contributed by atoms with Gasteiger partial charge in [0, 0.05) is 5.56 Å². The molecule has 122 valence electrons. The highest BCUT2D eigenvalue weighted by atomic mass is 16.2. The Hall–Kier alpha value is -2.17. The number of benzene rings is 1. The van der Waals surface area contributed by atoms with Gasteiger partial charge in [0.2, 0.25) is 0 Å². The van der Waals surface area contributed by atoms with E-state index >= 15 is 0 Å². The maximum absolute atomic E-state index is 12.4. The van der Waals surface area contributed by atoms with Gasteiger partial charge in [0.1, 0.15) is 0 Å². The zero-order chi connectivity index (χ0) is 16.6. The van der Waals surface area contributed by atoms with Crippen LogP contribution in [0, 0.1) is 11.8 Å².